The van der Waals surface area contributed by atoms with E-state index >= 15 is 0 Å². The van der Waals surface area contributed by atoms with Gasteiger partial charge in [0.1, 0.15) is 0 Å². The van der Waals surface area contributed by atoms with Gasteiger partial charge in [0.2, 0.25) is 5.89 Å². The predicted octanol–water partition coefficient (Wildman–Crippen LogP) is 2.10. The summed E-state index contributed by atoms with van der Waals surface area (Å²) < 4.78 is 39.7. The Morgan fingerprint density at radius 1 is 1.35 bits per heavy atom. The van der Waals surface area contributed by atoms with E-state index in [0.717, 1.165) is 6.42 Å². The highest BCUT2D eigenvalue weighted by Gasteiger charge is 2.43. The van der Waals surface area contributed by atoms with E-state index < -0.39 is 18.1 Å². The fourth-order valence-electron chi connectivity index (χ4n) is 3.01. The Bertz CT molecular complexity index is 896. The summed E-state index contributed by atoms with van der Waals surface area (Å²) in [4.78, 5) is 25.1. The zero-order valence-corrected chi connectivity index (χ0v) is 13.3. The van der Waals surface area contributed by atoms with Crippen molar-refractivity contribution < 1.29 is 27.5 Å². The summed E-state index contributed by atoms with van der Waals surface area (Å²) in [6, 6.07) is 3.60. The molecular formula is C15H14F2N4O5. The summed E-state index contributed by atoms with van der Waals surface area (Å²) in [5.41, 5.74) is 0.295. The molecule has 138 valence electrons. The van der Waals surface area contributed by atoms with E-state index in [1.54, 1.807) is 4.90 Å². The number of amides is 2. The molecule has 0 unspecified atom stereocenters. The van der Waals surface area contributed by atoms with Crippen LogP contribution in [0.3, 0.4) is 0 Å². The molecule has 0 spiro atoms. The van der Waals surface area contributed by atoms with Crippen molar-refractivity contribution in [3.63, 3.8) is 0 Å². The second-order valence-corrected chi connectivity index (χ2v) is 6.00. The van der Waals surface area contributed by atoms with Gasteiger partial charge in [-0.2, -0.15) is 0 Å². The number of aromatic nitrogens is 2. The second-order valence-electron chi connectivity index (χ2n) is 6.00. The number of hydrogen-bond acceptors (Lipinski definition) is 6. The molecule has 11 heteroatoms. The monoisotopic (exact) mass is 368 g/mol. The van der Waals surface area contributed by atoms with Crippen LogP contribution in [0.4, 0.5) is 19.3 Å². The molecule has 1 saturated heterocycles. The number of fused-ring (bicyclic) bond motifs is 1. The SMILES string of the molecule is O=C(Nc1ccc2c(c1)OC(F)(F)O2)N1CCC[C@@H](c2n[nH]c(=O)o2)C1. The molecule has 0 bridgehead atoms. The summed E-state index contributed by atoms with van der Waals surface area (Å²) in [7, 11) is 0. The molecule has 2 N–H and O–H groups in total. The van der Waals surface area contributed by atoms with Crippen molar-refractivity contribution in [3.05, 3.63) is 34.6 Å². The molecule has 0 saturated carbocycles. The maximum absolute atomic E-state index is 13.0. The number of ether oxygens (including phenoxy) is 2. The van der Waals surface area contributed by atoms with E-state index in [1.165, 1.54) is 18.2 Å². The summed E-state index contributed by atoms with van der Waals surface area (Å²) in [5, 5.41) is 8.64. The second kappa shape index (κ2) is 6.00. The summed E-state index contributed by atoms with van der Waals surface area (Å²) in [6.45, 7) is 0.835. The first-order valence-corrected chi connectivity index (χ1v) is 7.91. The summed E-state index contributed by atoms with van der Waals surface area (Å²) in [5.74, 6) is -0.817. The Hall–Kier alpha value is -3.11. The number of likely N-dealkylation sites (tertiary alicyclic amines) is 1. The predicted molar refractivity (Wildman–Crippen MR) is 82.3 cm³/mol. The largest absolute Gasteiger partial charge is 0.586 e. The van der Waals surface area contributed by atoms with Crippen molar-refractivity contribution >= 4 is 11.7 Å². The molecule has 1 atom stereocenters. The fourth-order valence-corrected chi connectivity index (χ4v) is 3.01. The minimum Gasteiger partial charge on any atom is -0.395 e. The summed E-state index contributed by atoms with van der Waals surface area (Å²) in [6.07, 6.45) is -2.27. The lowest BCUT2D eigenvalue weighted by molar-refractivity contribution is -0.286. The number of benzene rings is 1. The van der Waals surface area contributed by atoms with Gasteiger partial charge in [-0.1, -0.05) is 0 Å². The van der Waals surface area contributed by atoms with Crippen LogP contribution in [0.5, 0.6) is 11.5 Å². The Morgan fingerprint density at radius 2 is 2.15 bits per heavy atom. The van der Waals surface area contributed by atoms with E-state index in [-0.39, 0.29) is 23.3 Å². The normalized spacial score (nSPS) is 20.8. The number of piperidine rings is 1. The number of alkyl halides is 2. The van der Waals surface area contributed by atoms with Crippen LogP contribution in [-0.4, -0.2) is 40.5 Å². The Kier molecular flexibility index (Phi) is 3.78. The number of carbonyl (C=O) groups is 1. The third-order valence-corrected chi connectivity index (χ3v) is 4.17. The van der Waals surface area contributed by atoms with Crippen LogP contribution >= 0.6 is 0 Å². The first-order chi connectivity index (χ1) is 12.4. The lowest BCUT2D eigenvalue weighted by atomic mass is 9.98. The van der Waals surface area contributed by atoms with E-state index in [2.05, 4.69) is 25.0 Å². The van der Waals surface area contributed by atoms with Gasteiger partial charge < -0.3 is 24.1 Å². The molecule has 1 aromatic heterocycles. The van der Waals surface area contributed by atoms with E-state index in [4.69, 9.17) is 4.42 Å². The molecule has 2 aliphatic rings. The van der Waals surface area contributed by atoms with Crippen LogP contribution in [0, 0.1) is 0 Å². The van der Waals surface area contributed by atoms with Gasteiger partial charge in [-0.3, -0.25) is 0 Å². The van der Waals surface area contributed by atoms with Gasteiger partial charge in [0.25, 0.3) is 0 Å². The maximum Gasteiger partial charge on any atom is 0.586 e. The van der Waals surface area contributed by atoms with Gasteiger partial charge in [-0.15, -0.1) is 13.9 Å². The number of rotatable bonds is 2. The zero-order chi connectivity index (χ0) is 18.3. The first-order valence-electron chi connectivity index (χ1n) is 7.91. The van der Waals surface area contributed by atoms with Gasteiger partial charge in [0.15, 0.2) is 11.5 Å². The third kappa shape index (κ3) is 3.19. The number of hydrogen-bond donors (Lipinski definition) is 2. The molecule has 1 aromatic carbocycles. The topological polar surface area (TPSA) is 110 Å². The third-order valence-electron chi connectivity index (χ3n) is 4.17. The molecule has 0 aliphatic carbocycles. The molecule has 9 nitrogen and oxygen atoms in total. The van der Waals surface area contributed by atoms with Gasteiger partial charge in [0.05, 0.1) is 5.92 Å². The fraction of sp³-hybridized carbons (Fsp3) is 0.400. The standard InChI is InChI=1S/C15H14F2N4O5/c16-15(17)25-10-4-3-9(6-11(10)26-15)18-13(22)21-5-1-2-8(7-21)12-19-20-14(23)24-12/h3-4,6,8H,1-2,5,7H2,(H,18,22)(H,20,23)/t8-/m1/s1. The minimum atomic E-state index is -3.71. The average molecular weight is 368 g/mol. The quantitative estimate of drug-likeness (QED) is 0.840. The molecular weight excluding hydrogens is 354 g/mol. The number of halogens is 2. The van der Waals surface area contributed by atoms with E-state index in [9.17, 15) is 18.4 Å². The Labute approximate surface area is 144 Å². The van der Waals surface area contributed by atoms with Gasteiger partial charge in [-0.25, -0.2) is 14.7 Å². The highest BCUT2D eigenvalue weighted by Crippen LogP contribution is 2.42. The lowest BCUT2D eigenvalue weighted by Gasteiger charge is -2.31. The highest BCUT2D eigenvalue weighted by molar-refractivity contribution is 5.89. The van der Waals surface area contributed by atoms with Gasteiger partial charge in [0, 0.05) is 24.8 Å². The van der Waals surface area contributed by atoms with Crippen LogP contribution in [-0.2, 0) is 0 Å². The molecule has 3 heterocycles. The average Bonchev–Trinajstić information content (AvgIpc) is 3.16. The van der Waals surface area contributed by atoms with Gasteiger partial charge in [-0.05, 0) is 25.0 Å². The lowest BCUT2D eigenvalue weighted by Crippen LogP contribution is -2.41. The summed E-state index contributed by atoms with van der Waals surface area (Å²) >= 11 is 0. The molecule has 2 amide bonds. The molecule has 0 radical (unpaired) electrons. The molecule has 26 heavy (non-hydrogen) atoms. The van der Waals surface area contributed by atoms with Crippen molar-refractivity contribution in [2.24, 2.45) is 0 Å². The van der Waals surface area contributed by atoms with Crippen LogP contribution in [0.1, 0.15) is 24.7 Å². The van der Waals surface area contributed by atoms with Crippen LogP contribution in [0.2, 0.25) is 0 Å². The van der Waals surface area contributed by atoms with Crippen molar-refractivity contribution in [3.8, 4) is 11.5 Å². The van der Waals surface area contributed by atoms with Gasteiger partial charge >= 0.3 is 18.1 Å². The smallest absolute Gasteiger partial charge is 0.395 e. The molecule has 4 rings (SSSR count). The number of aromatic amines is 1. The van der Waals surface area contributed by atoms with E-state index in [0.29, 0.717) is 25.2 Å². The number of H-pyrrole nitrogens is 1. The molecule has 2 aromatic rings. The number of nitrogens with zero attached hydrogens (tertiary/aromatic N) is 2. The number of nitrogens with one attached hydrogen (secondary N) is 2. The van der Waals surface area contributed by atoms with Crippen molar-refractivity contribution in [2.75, 3.05) is 18.4 Å². The van der Waals surface area contributed by atoms with E-state index in [1.807, 2.05) is 0 Å². The molecule has 2 aliphatic heterocycles. The van der Waals surface area contributed by atoms with Crippen molar-refractivity contribution in [1.29, 1.82) is 0 Å². The first kappa shape index (κ1) is 16.4. The minimum absolute atomic E-state index is 0.0976. The number of anilines is 1. The maximum atomic E-state index is 13.0. The Morgan fingerprint density at radius 3 is 2.92 bits per heavy atom. The van der Waals surface area contributed by atoms with Crippen molar-refractivity contribution in [2.45, 2.75) is 25.1 Å². The zero-order valence-electron chi connectivity index (χ0n) is 13.3. The highest BCUT2D eigenvalue weighted by atomic mass is 19.3. The van der Waals surface area contributed by atoms with Crippen LogP contribution in [0.25, 0.3) is 0 Å². The number of carbonyl (C=O) groups excluding carboxylic acids is 1. The molecule has 1 fully saturated rings. The van der Waals surface area contributed by atoms with Crippen LogP contribution < -0.4 is 20.5 Å². The van der Waals surface area contributed by atoms with Crippen molar-refractivity contribution in [1.82, 2.24) is 15.1 Å². The Balaban J connectivity index is 1.43. The van der Waals surface area contributed by atoms with Crippen LogP contribution in [0.15, 0.2) is 27.4 Å². The number of urea groups is 1.